The monoisotopic (exact) mass is 555 g/mol. The second kappa shape index (κ2) is 11.6. The van der Waals surface area contributed by atoms with Crippen molar-refractivity contribution in [1.29, 1.82) is 0 Å². The second-order valence-corrected chi connectivity index (χ2v) is 10.3. The largest absolute Gasteiger partial charge is 0.463 e. The van der Waals surface area contributed by atoms with Crippen molar-refractivity contribution in [3.63, 3.8) is 0 Å². The van der Waals surface area contributed by atoms with Crippen LogP contribution >= 0.6 is 11.8 Å². The van der Waals surface area contributed by atoms with Gasteiger partial charge in [-0.2, -0.15) is 0 Å². The fraction of sp³-hybridized carbons (Fsp3) is 0.462. The highest BCUT2D eigenvalue weighted by Crippen LogP contribution is 2.40. The predicted octanol–water partition coefficient (Wildman–Crippen LogP) is 3.02. The molecule has 1 saturated heterocycles. The van der Waals surface area contributed by atoms with E-state index in [0.717, 1.165) is 18.4 Å². The number of nitrogens with zero attached hydrogens (tertiary/aromatic N) is 4. The molecule has 3 heterocycles. The van der Waals surface area contributed by atoms with E-state index in [1.54, 1.807) is 4.57 Å². The highest BCUT2D eigenvalue weighted by atomic mass is 32.2. The molecule has 1 aliphatic heterocycles. The Morgan fingerprint density at radius 2 is 1.74 bits per heavy atom. The summed E-state index contributed by atoms with van der Waals surface area (Å²) in [5.74, 6) is -0.562. The summed E-state index contributed by atoms with van der Waals surface area (Å²) >= 11 is 1.53. The summed E-state index contributed by atoms with van der Waals surface area (Å²) in [4.78, 5) is 49.5. The highest BCUT2D eigenvalue weighted by Gasteiger charge is 2.52. The number of esters is 3. The summed E-state index contributed by atoms with van der Waals surface area (Å²) in [7, 11) is 0. The van der Waals surface area contributed by atoms with Gasteiger partial charge < -0.3 is 24.3 Å². The van der Waals surface area contributed by atoms with Gasteiger partial charge in [0.1, 0.15) is 29.6 Å². The molecule has 12 nitrogen and oxygen atoms in total. The highest BCUT2D eigenvalue weighted by molar-refractivity contribution is 7.98. The van der Waals surface area contributed by atoms with Gasteiger partial charge in [0.15, 0.2) is 24.1 Å². The quantitative estimate of drug-likeness (QED) is 0.170. The van der Waals surface area contributed by atoms with Gasteiger partial charge in [-0.1, -0.05) is 42.1 Å². The van der Waals surface area contributed by atoms with Crippen LogP contribution in [0.4, 0.5) is 5.95 Å². The van der Waals surface area contributed by atoms with Crippen LogP contribution in [-0.4, -0.2) is 68.4 Å². The topological polar surface area (TPSA) is 144 Å². The molecule has 0 unspecified atom stereocenters. The Morgan fingerprint density at radius 1 is 1.03 bits per heavy atom. The molecule has 0 radical (unpaired) electrons. The number of fused-ring (bicyclic) bond motifs is 1. The number of aromatic nitrogens is 4. The zero-order chi connectivity index (χ0) is 27.5. The molecule has 206 valence electrons. The Morgan fingerprint density at radius 3 is 2.41 bits per heavy atom. The maximum atomic E-state index is 12.2. The van der Waals surface area contributed by atoms with Gasteiger partial charge in [-0.3, -0.25) is 19.0 Å². The molecule has 1 N–H and O–H groups in total. The number of thioether (sulfide) groups is 1. The lowest BCUT2D eigenvalue weighted by Crippen LogP contribution is -2.40. The van der Waals surface area contributed by atoms with Crippen molar-refractivity contribution in [3.05, 3.63) is 42.2 Å². The number of hydrogen-bond donors (Lipinski definition) is 1. The van der Waals surface area contributed by atoms with E-state index in [9.17, 15) is 14.4 Å². The normalized spacial score (nSPS) is 22.4. The molecule has 1 aliphatic carbocycles. The lowest BCUT2D eigenvalue weighted by molar-refractivity contribution is -0.166. The summed E-state index contributed by atoms with van der Waals surface area (Å²) < 4.78 is 24.4. The second-order valence-electron chi connectivity index (χ2n) is 9.37. The molecule has 0 amide bonds. The van der Waals surface area contributed by atoms with Gasteiger partial charge in [0.2, 0.25) is 5.95 Å². The van der Waals surface area contributed by atoms with Gasteiger partial charge in [-0.05, 0) is 18.4 Å². The number of nitrogens with one attached hydrogen (secondary N) is 1. The molecule has 0 spiro atoms. The van der Waals surface area contributed by atoms with Crippen molar-refractivity contribution < 1.29 is 33.3 Å². The smallest absolute Gasteiger partial charge is 0.303 e. The van der Waals surface area contributed by atoms with Gasteiger partial charge in [-0.25, -0.2) is 15.0 Å². The van der Waals surface area contributed by atoms with Crippen LogP contribution < -0.4 is 5.32 Å². The minimum atomic E-state index is -1.06. The van der Waals surface area contributed by atoms with Gasteiger partial charge in [0.25, 0.3) is 0 Å². The first-order valence-electron chi connectivity index (χ1n) is 12.6. The average Bonchev–Trinajstić information content (AvgIpc) is 3.56. The van der Waals surface area contributed by atoms with E-state index < -0.39 is 42.4 Å². The lowest BCUT2D eigenvalue weighted by Gasteiger charge is -2.24. The number of ether oxygens (including phenoxy) is 4. The van der Waals surface area contributed by atoms with Crippen molar-refractivity contribution in [2.45, 2.75) is 75.0 Å². The van der Waals surface area contributed by atoms with E-state index in [1.165, 1.54) is 38.9 Å². The molecule has 5 rings (SSSR count). The number of benzene rings is 1. The lowest BCUT2D eigenvalue weighted by atomic mass is 10.1. The summed E-state index contributed by atoms with van der Waals surface area (Å²) in [6.07, 6.45) is -0.553. The third-order valence-corrected chi connectivity index (χ3v) is 7.22. The molecule has 4 atom stereocenters. The first-order chi connectivity index (χ1) is 18.8. The van der Waals surface area contributed by atoms with Gasteiger partial charge in [0, 0.05) is 32.6 Å². The number of rotatable bonds is 10. The van der Waals surface area contributed by atoms with E-state index >= 15 is 0 Å². The number of anilines is 1. The third kappa shape index (κ3) is 6.31. The summed E-state index contributed by atoms with van der Waals surface area (Å²) in [6.45, 7) is 3.57. The van der Waals surface area contributed by atoms with Crippen LogP contribution in [0.2, 0.25) is 0 Å². The maximum Gasteiger partial charge on any atom is 0.303 e. The molecule has 0 bridgehead atoms. The molecule has 3 aromatic rings. The number of carbonyl (C=O) groups is 3. The first kappa shape index (κ1) is 26.9. The van der Waals surface area contributed by atoms with Crippen molar-refractivity contribution in [2.75, 3.05) is 11.9 Å². The molecule has 13 heteroatoms. The molecule has 2 aliphatic rings. The van der Waals surface area contributed by atoms with Crippen molar-refractivity contribution in [3.8, 4) is 0 Å². The maximum absolute atomic E-state index is 12.2. The van der Waals surface area contributed by atoms with Crippen LogP contribution in [0.25, 0.3) is 11.2 Å². The Bertz CT molecular complexity index is 1360. The average molecular weight is 556 g/mol. The number of imidazole rings is 1. The Labute approximate surface area is 228 Å². The van der Waals surface area contributed by atoms with Crippen LogP contribution in [0.15, 0.2) is 41.7 Å². The molecule has 1 saturated carbocycles. The predicted molar refractivity (Wildman–Crippen MR) is 140 cm³/mol. The van der Waals surface area contributed by atoms with Crippen LogP contribution in [0.1, 0.15) is 45.4 Å². The van der Waals surface area contributed by atoms with E-state index in [4.69, 9.17) is 23.9 Å². The minimum absolute atomic E-state index is 0.202. The zero-order valence-corrected chi connectivity index (χ0v) is 22.6. The van der Waals surface area contributed by atoms with E-state index in [-0.39, 0.29) is 12.6 Å². The first-order valence-corrected chi connectivity index (χ1v) is 13.6. The molecule has 2 fully saturated rings. The molecule has 39 heavy (non-hydrogen) atoms. The Balaban J connectivity index is 1.55. The summed E-state index contributed by atoms with van der Waals surface area (Å²) in [5.41, 5.74) is 2.15. The van der Waals surface area contributed by atoms with Crippen molar-refractivity contribution in [2.24, 2.45) is 0 Å². The van der Waals surface area contributed by atoms with Crippen LogP contribution in [0, 0.1) is 0 Å². The van der Waals surface area contributed by atoms with Crippen molar-refractivity contribution >= 4 is 46.8 Å². The summed E-state index contributed by atoms with van der Waals surface area (Å²) in [6, 6.07) is 10.2. The van der Waals surface area contributed by atoms with Crippen LogP contribution in [0.3, 0.4) is 0 Å². The van der Waals surface area contributed by atoms with Gasteiger partial charge in [0.05, 0.1) is 0 Å². The minimum Gasteiger partial charge on any atom is -0.463 e. The Hall–Kier alpha value is -3.71. The molecular weight excluding hydrogens is 526 g/mol. The molecular formula is C26H29N5O7S. The van der Waals surface area contributed by atoms with E-state index in [1.807, 2.05) is 30.3 Å². The van der Waals surface area contributed by atoms with Gasteiger partial charge in [-0.15, -0.1) is 0 Å². The Kier molecular flexibility index (Phi) is 7.98. The zero-order valence-electron chi connectivity index (χ0n) is 21.7. The fourth-order valence-corrected chi connectivity index (χ4v) is 5.26. The summed E-state index contributed by atoms with van der Waals surface area (Å²) in [5, 5.41) is 4.08. The SMILES string of the molecule is CC(=O)OC[C@H]1O[C@@H](n2c(NC3CC3)nc3c(SCc4ccccc4)ncnc32)[C@H](OC(C)=O)[C@@H]1OC(C)=O. The third-order valence-electron chi connectivity index (χ3n) is 6.17. The van der Waals surface area contributed by atoms with Crippen molar-refractivity contribution in [1.82, 2.24) is 19.5 Å². The van der Waals surface area contributed by atoms with Crippen LogP contribution in [-0.2, 0) is 39.1 Å². The van der Waals surface area contributed by atoms with Gasteiger partial charge >= 0.3 is 17.9 Å². The standard InChI is InChI=1S/C26H29N5O7S/c1-14(32)35-11-19-21(36-15(2)33)22(37-16(3)34)25(38-19)31-23-20(30-26(31)29-18-9-10-18)24(28-13-27-23)39-12-17-7-5-4-6-8-17/h4-8,13,18-19,21-22,25H,9-12H2,1-3H3,(H,29,30)/t19-,21-,22-,25-/m1/s1. The molecule has 2 aromatic heterocycles. The van der Waals surface area contributed by atoms with Crippen LogP contribution in [0.5, 0.6) is 0 Å². The van der Waals surface area contributed by atoms with E-state index in [0.29, 0.717) is 27.9 Å². The van der Waals surface area contributed by atoms with E-state index in [2.05, 4.69) is 15.3 Å². The molecule has 1 aromatic carbocycles. The fourth-order valence-electron chi connectivity index (χ4n) is 4.37. The number of carbonyl (C=O) groups excluding carboxylic acids is 3. The number of hydrogen-bond acceptors (Lipinski definition) is 12.